The second-order valence-corrected chi connectivity index (χ2v) is 9.87. The molecule has 0 bridgehead atoms. The summed E-state index contributed by atoms with van der Waals surface area (Å²) in [7, 11) is 0. The van der Waals surface area contributed by atoms with Crippen molar-refractivity contribution in [1.29, 1.82) is 0 Å². The molecular formula is C27H27Cl2N3O. The van der Waals surface area contributed by atoms with Crippen LogP contribution in [0.25, 0.3) is 0 Å². The first kappa shape index (κ1) is 23.3. The number of nitrogen functional groups attached to an aromatic ring is 1. The van der Waals surface area contributed by atoms with E-state index in [9.17, 15) is 4.79 Å². The van der Waals surface area contributed by atoms with Crippen LogP contribution in [0.4, 0.5) is 11.5 Å². The summed E-state index contributed by atoms with van der Waals surface area (Å²) in [4.78, 5) is 20.6. The van der Waals surface area contributed by atoms with Crippen molar-refractivity contribution in [3.05, 3.63) is 100 Å². The van der Waals surface area contributed by atoms with Crippen LogP contribution in [0.2, 0.25) is 10.0 Å². The largest absolute Gasteiger partial charge is 0.397 e. The van der Waals surface area contributed by atoms with Gasteiger partial charge < -0.3 is 5.73 Å². The number of pyridine rings is 1. The summed E-state index contributed by atoms with van der Waals surface area (Å²) >= 11 is 12.6. The van der Waals surface area contributed by atoms with E-state index in [1.165, 1.54) is 0 Å². The fourth-order valence-corrected chi connectivity index (χ4v) is 5.24. The topological polar surface area (TPSA) is 59.2 Å². The summed E-state index contributed by atoms with van der Waals surface area (Å²) in [5, 5.41) is 1.31. The number of piperidine rings is 1. The number of hydrogen-bond donors (Lipinski definition) is 1. The quantitative estimate of drug-likeness (QED) is 0.396. The van der Waals surface area contributed by atoms with Crippen molar-refractivity contribution < 1.29 is 4.79 Å². The number of amides is 1. The molecule has 1 saturated heterocycles. The van der Waals surface area contributed by atoms with Gasteiger partial charge in [0.1, 0.15) is 5.82 Å². The molecule has 4 rings (SSSR count). The molecular weight excluding hydrogens is 453 g/mol. The van der Waals surface area contributed by atoms with Crippen LogP contribution in [0.3, 0.4) is 0 Å². The fourth-order valence-electron chi connectivity index (χ4n) is 4.92. The van der Waals surface area contributed by atoms with Gasteiger partial charge >= 0.3 is 0 Å². The number of aromatic nitrogens is 1. The summed E-state index contributed by atoms with van der Waals surface area (Å²) < 4.78 is 0. The molecule has 6 heteroatoms. The first-order valence-corrected chi connectivity index (χ1v) is 11.7. The highest BCUT2D eigenvalue weighted by atomic mass is 35.5. The molecule has 170 valence electrons. The predicted octanol–water partition coefficient (Wildman–Crippen LogP) is 7.12. The zero-order valence-corrected chi connectivity index (χ0v) is 20.3. The molecule has 3 aromatic rings. The van der Waals surface area contributed by atoms with E-state index >= 15 is 0 Å². The molecule has 2 heterocycles. The number of allylic oxidation sites excluding steroid dienone is 1. The Bertz CT molecular complexity index is 1190. The van der Waals surface area contributed by atoms with Crippen molar-refractivity contribution >= 4 is 40.6 Å². The Morgan fingerprint density at radius 3 is 2.52 bits per heavy atom. The van der Waals surface area contributed by atoms with Crippen molar-refractivity contribution in [2.45, 2.75) is 38.6 Å². The first-order chi connectivity index (χ1) is 15.7. The Morgan fingerprint density at radius 1 is 1.15 bits per heavy atom. The van der Waals surface area contributed by atoms with Gasteiger partial charge in [-0.15, -0.1) is 6.58 Å². The minimum atomic E-state index is -0.646. The zero-order chi connectivity index (χ0) is 23.8. The van der Waals surface area contributed by atoms with Gasteiger partial charge in [0.05, 0.1) is 23.3 Å². The first-order valence-electron chi connectivity index (χ1n) is 10.9. The van der Waals surface area contributed by atoms with Gasteiger partial charge in [-0.05, 0) is 66.8 Å². The molecule has 1 amide bonds. The maximum Gasteiger partial charge on any atom is 0.235 e. The van der Waals surface area contributed by atoms with E-state index < -0.39 is 5.41 Å². The fraction of sp³-hybridized carbons (Fsp3) is 0.259. The van der Waals surface area contributed by atoms with E-state index in [1.807, 2.05) is 73.4 Å². The van der Waals surface area contributed by atoms with Gasteiger partial charge in [0.2, 0.25) is 5.91 Å². The number of rotatable bonds is 5. The van der Waals surface area contributed by atoms with Gasteiger partial charge in [0.15, 0.2) is 0 Å². The van der Waals surface area contributed by atoms with Crippen molar-refractivity contribution in [3.63, 3.8) is 0 Å². The molecule has 2 N–H and O–H groups in total. The SMILES string of the molecule is C=CCC1(C)CC(c2cccc(Cl)c2)C(c2ccc(Cl)cc2)N(c2ncc(N)cc2C)C1=O. The highest BCUT2D eigenvalue weighted by Gasteiger charge is 2.50. The Balaban J connectivity index is 1.98. The smallest absolute Gasteiger partial charge is 0.235 e. The Kier molecular flexibility index (Phi) is 6.51. The molecule has 0 aliphatic carbocycles. The summed E-state index contributed by atoms with van der Waals surface area (Å²) in [6.07, 6.45) is 4.62. The number of anilines is 2. The lowest BCUT2D eigenvalue weighted by molar-refractivity contribution is -0.131. The lowest BCUT2D eigenvalue weighted by Crippen LogP contribution is -2.52. The highest BCUT2D eigenvalue weighted by Crippen LogP contribution is 2.52. The van der Waals surface area contributed by atoms with Crippen LogP contribution in [0.15, 0.2) is 73.4 Å². The molecule has 3 atom stereocenters. The minimum Gasteiger partial charge on any atom is -0.397 e. The monoisotopic (exact) mass is 479 g/mol. The summed E-state index contributed by atoms with van der Waals surface area (Å²) in [6.45, 7) is 7.86. The van der Waals surface area contributed by atoms with Gasteiger partial charge in [-0.2, -0.15) is 0 Å². The molecule has 33 heavy (non-hydrogen) atoms. The molecule has 0 saturated carbocycles. The lowest BCUT2D eigenvalue weighted by Gasteiger charge is -2.49. The van der Waals surface area contributed by atoms with Gasteiger partial charge in [-0.25, -0.2) is 4.98 Å². The van der Waals surface area contributed by atoms with Gasteiger partial charge in [-0.1, -0.05) is 60.5 Å². The van der Waals surface area contributed by atoms with Crippen molar-refractivity contribution in [2.75, 3.05) is 10.6 Å². The zero-order valence-electron chi connectivity index (χ0n) is 18.8. The van der Waals surface area contributed by atoms with Crippen LogP contribution in [0, 0.1) is 12.3 Å². The molecule has 1 aliphatic heterocycles. The molecule has 4 nitrogen and oxygen atoms in total. The summed E-state index contributed by atoms with van der Waals surface area (Å²) in [5.41, 5.74) is 8.79. The maximum atomic E-state index is 14.1. The molecule has 1 aliphatic rings. The number of carbonyl (C=O) groups is 1. The van der Waals surface area contributed by atoms with E-state index in [0.29, 0.717) is 34.4 Å². The minimum absolute atomic E-state index is 0.0148. The van der Waals surface area contributed by atoms with Crippen LogP contribution < -0.4 is 10.6 Å². The van der Waals surface area contributed by atoms with Crippen LogP contribution in [-0.2, 0) is 4.79 Å². The molecule has 1 fully saturated rings. The van der Waals surface area contributed by atoms with Crippen LogP contribution in [0.1, 0.15) is 48.4 Å². The van der Waals surface area contributed by atoms with Crippen LogP contribution in [0.5, 0.6) is 0 Å². The Hall–Kier alpha value is -2.82. The molecule has 2 aromatic carbocycles. The lowest BCUT2D eigenvalue weighted by atomic mass is 9.67. The predicted molar refractivity (Wildman–Crippen MR) is 137 cm³/mol. The Morgan fingerprint density at radius 2 is 1.88 bits per heavy atom. The number of hydrogen-bond acceptors (Lipinski definition) is 3. The second-order valence-electron chi connectivity index (χ2n) is 9.00. The Labute approximate surface area is 205 Å². The second kappa shape index (κ2) is 9.20. The van der Waals surface area contributed by atoms with E-state index in [1.54, 1.807) is 6.20 Å². The van der Waals surface area contributed by atoms with Crippen molar-refractivity contribution in [1.82, 2.24) is 4.98 Å². The summed E-state index contributed by atoms with van der Waals surface area (Å²) in [6, 6.07) is 17.1. The number of nitrogens with two attached hydrogens (primary N) is 1. The van der Waals surface area contributed by atoms with E-state index in [0.717, 1.165) is 16.7 Å². The van der Waals surface area contributed by atoms with E-state index in [4.69, 9.17) is 28.9 Å². The molecule has 0 radical (unpaired) electrons. The molecule has 1 aromatic heterocycles. The standard InChI is InChI=1S/C27H27Cl2N3O/c1-4-12-27(3)15-23(19-6-5-7-21(29)14-19)24(18-8-10-20(28)11-9-18)32(26(27)33)25-17(2)13-22(30)16-31-25/h4-11,13-14,16,23-24H,1,12,15,30H2,2-3H3. The third-order valence-corrected chi connectivity index (χ3v) is 6.94. The van der Waals surface area contributed by atoms with E-state index in [-0.39, 0.29) is 17.9 Å². The normalized spacial score (nSPS) is 22.9. The molecule has 3 unspecified atom stereocenters. The number of aryl methyl sites for hydroxylation is 1. The van der Waals surface area contributed by atoms with Gasteiger partial charge in [0.25, 0.3) is 0 Å². The van der Waals surface area contributed by atoms with E-state index in [2.05, 4.69) is 17.6 Å². The highest BCUT2D eigenvalue weighted by molar-refractivity contribution is 6.30. The summed E-state index contributed by atoms with van der Waals surface area (Å²) in [5.74, 6) is 0.600. The number of carbonyl (C=O) groups excluding carboxylic acids is 1. The number of nitrogens with zero attached hydrogens (tertiary/aromatic N) is 2. The average Bonchev–Trinajstić information content (AvgIpc) is 2.77. The van der Waals surface area contributed by atoms with Gasteiger partial charge in [-0.3, -0.25) is 9.69 Å². The van der Waals surface area contributed by atoms with Gasteiger partial charge in [0, 0.05) is 16.0 Å². The maximum absolute atomic E-state index is 14.1. The third kappa shape index (κ3) is 4.50. The van der Waals surface area contributed by atoms with Crippen LogP contribution >= 0.6 is 23.2 Å². The third-order valence-electron chi connectivity index (χ3n) is 6.45. The van der Waals surface area contributed by atoms with Crippen molar-refractivity contribution in [3.8, 4) is 0 Å². The number of halogens is 2. The molecule has 0 spiro atoms. The van der Waals surface area contributed by atoms with Crippen molar-refractivity contribution in [2.24, 2.45) is 5.41 Å². The number of benzene rings is 2. The van der Waals surface area contributed by atoms with Crippen LogP contribution in [-0.4, -0.2) is 10.9 Å². The average molecular weight is 480 g/mol.